The van der Waals surface area contributed by atoms with Gasteiger partial charge in [0.25, 0.3) is 0 Å². The molecule has 0 aliphatic carbocycles. The maximum atomic E-state index is 12.9. The maximum absolute atomic E-state index is 12.9. The monoisotopic (exact) mass is 358 g/mol. The lowest BCUT2D eigenvalue weighted by molar-refractivity contribution is -0.132. The highest BCUT2D eigenvalue weighted by Gasteiger charge is 2.20. The van der Waals surface area contributed by atoms with Crippen LogP contribution >= 0.6 is 0 Å². The molecular weight excluding hydrogens is 336 g/mol. The summed E-state index contributed by atoms with van der Waals surface area (Å²) in [5, 5.41) is 13.3. The Labute approximate surface area is 159 Å². The van der Waals surface area contributed by atoms with Gasteiger partial charge in [-0.05, 0) is 49.2 Å². The van der Waals surface area contributed by atoms with Crippen molar-refractivity contribution in [3.8, 4) is 11.8 Å². The molecule has 0 radical (unpaired) electrons. The van der Waals surface area contributed by atoms with Crippen LogP contribution < -0.4 is 0 Å². The van der Waals surface area contributed by atoms with Crippen LogP contribution in [0.25, 0.3) is 5.69 Å². The second-order valence-electron chi connectivity index (χ2n) is 6.40. The van der Waals surface area contributed by atoms with Gasteiger partial charge in [-0.25, -0.2) is 4.68 Å². The summed E-state index contributed by atoms with van der Waals surface area (Å²) in [7, 11) is 0. The second-order valence-corrected chi connectivity index (χ2v) is 6.40. The van der Waals surface area contributed by atoms with Crippen molar-refractivity contribution in [3.05, 3.63) is 83.7 Å². The number of nitrogens with zero attached hydrogens (tertiary/aromatic N) is 4. The Kier molecular flexibility index (Phi) is 5.68. The number of rotatable bonds is 6. The molecule has 0 bridgehead atoms. The SMILES string of the molecule is CCN(C(=O)Cc1cnn(-c2ccccc2)c1)C(C)c1ccc(C#N)cc1. The van der Waals surface area contributed by atoms with Crippen LogP contribution in [0.2, 0.25) is 0 Å². The first-order chi connectivity index (χ1) is 13.1. The first kappa shape index (κ1) is 18.4. The van der Waals surface area contributed by atoms with E-state index in [-0.39, 0.29) is 11.9 Å². The van der Waals surface area contributed by atoms with Crippen LogP contribution in [0.5, 0.6) is 0 Å². The Morgan fingerprint density at radius 2 is 1.89 bits per heavy atom. The number of nitriles is 1. The van der Waals surface area contributed by atoms with Gasteiger partial charge in [-0.3, -0.25) is 4.79 Å². The van der Waals surface area contributed by atoms with Crippen molar-refractivity contribution >= 4 is 5.91 Å². The lowest BCUT2D eigenvalue weighted by Crippen LogP contribution is -2.34. The Balaban J connectivity index is 1.71. The van der Waals surface area contributed by atoms with Gasteiger partial charge in [0, 0.05) is 12.7 Å². The molecule has 5 nitrogen and oxygen atoms in total. The topological polar surface area (TPSA) is 61.9 Å². The Hall–Kier alpha value is -3.39. The minimum absolute atomic E-state index is 0.0561. The van der Waals surface area contributed by atoms with Gasteiger partial charge in [-0.15, -0.1) is 0 Å². The first-order valence-corrected chi connectivity index (χ1v) is 9.01. The lowest BCUT2D eigenvalue weighted by atomic mass is 10.0. The maximum Gasteiger partial charge on any atom is 0.227 e. The van der Waals surface area contributed by atoms with Crippen LogP contribution in [0.3, 0.4) is 0 Å². The molecule has 5 heteroatoms. The molecular formula is C22H22N4O. The average molecular weight is 358 g/mol. The van der Waals surface area contributed by atoms with Crippen LogP contribution in [0.4, 0.5) is 0 Å². The van der Waals surface area contributed by atoms with E-state index in [1.807, 2.05) is 67.4 Å². The number of hydrogen-bond acceptors (Lipinski definition) is 3. The molecule has 0 saturated heterocycles. The van der Waals surface area contributed by atoms with Crippen molar-refractivity contribution < 1.29 is 4.79 Å². The van der Waals surface area contributed by atoms with Crippen LogP contribution in [-0.2, 0) is 11.2 Å². The van der Waals surface area contributed by atoms with Crippen molar-refractivity contribution in [2.45, 2.75) is 26.3 Å². The van der Waals surface area contributed by atoms with Crippen molar-refractivity contribution in [1.29, 1.82) is 5.26 Å². The first-order valence-electron chi connectivity index (χ1n) is 9.01. The molecule has 0 aliphatic rings. The molecule has 0 aliphatic heterocycles. The van der Waals surface area contributed by atoms with Crippen LogP contribution in [-0.4, -0.2) is 27.1 Å². The molecule has 1 atom stereocenters. The van der Waals surface area contributed by atoms with Crippen LogP contribution in [0, 0.1) is 11.3 Å². The summed E-state index contributed by atoms with van der Waals surface area (Å²) < 4.78 is 1.78. The zero-order valence-electron chi connectivity index (χ0n) is 15.5. The molecule has 0 saturated carbocycles. The Morgan fingerprint density at radius 3 is 2.52 bits per heavy atom. The van der Waals surface area contributed by atoms with E-state index in [1.54, 1.807) is 23.0 Å². The number of carbonyl (C=O) groups is 1. The fourth-order valence-electron chi connectivity index (χ4n) is 3.13. The van der Waals surface area contributed by atoms with Crippen molar-refractivity contribution in [2.24, 2.45) is 0 Å². The molecule has 0 spiro atoms. The van der Waals surface area contributed by atoms with Gasteiger partial charge in [0.2, 0.25) is 5.91 Å². The summed E-state index contributed by atoms with van der Waals surface area (Å²) in [5.74, 6) is 0.0574. The number of carbonyl (C=O) groups excluding carboxylic acids is 1. The fraction of sp³-hybridized carbons (Fsp3) is 0.227. The third kappa shape index (κ3) is 4.24. The molecule has 1 aromatic heterocycles. The van der Waals surface area contributed by atoms with E-state index in [0.29, 0.717) is 18.5 Å². The van der Waals surface area contributed by atoms with E-state index in [9.17, 15) is 4.79 Å². The summed E-state index contributed by atoms with van der Waals surface area (Å²) >= 11 is 0. The highest BCUT2D eigenvalue weighted by molar-refractivity contribution is 5.79. The molecule has 27 heavy (non-hydrogen) atoms. The number of para-hydroxylation sites is 1. The normalized spacial score (nSPS) is 11.6. The highest BCUT2D eigenvalue weighted by Crippen LogP contribution is 2.21. The Morgan fingerprint density at radius 1 is 1.19 bits per heavy atom. The van der Waals surface area contributed by atoms with Gasteiger partial charge < -0.3 is 4.90 Å². The summed E-state index contributed by atoms with van der Waals surface area (Å²) in [4.78, 5) is 14.7. The molecule has 0 N–H and O–H groups in total. The van der Waals surface area contributed by atoms with Gasteiger partial charge in [-0.2, -0.15) is 10.4 Å². The van der Waals surface area contributed by atoms with E-state index in [2.05, 4.69) is 11.2 Å². The second kappa shape index (κ2) is 8.33. The van der Waals surface area contributed by atoms with Gasteiger partial charge in [0.05, 0.1) is 36.0 Å². The third-order valence-electron chi connectivity index (χ3n) is 4.66. The molecule has 2 aromatic carbocycles. The minimum Gasteiger partial charge on any atom is -0.336 e. The standard InChI is InChI=1S/C22H22N4O/c1-3-25(17(2)20-11-9-18(14-23)10-12-20)22(27)13-19-15-24-26(16-19)21-7-5-4-6-8-21/h4-12,15-17H,3,13H2,1-2H3. The van der Waals surface area contributed by atoms with Gasteiger partial charge >= 0.3 is 0 Å². The molecule has 1 unspecified atom stereocenters. The van der Waals surface area contributed by atoms with Crippen LogP contribution in [0.1, 0.15) is 36.6 Å². The molecule has 0 fully saturated rings. The van der Waals surface area contributed by atoms with Crippen molar-refractivity contribution in [1.82, 2.24) is 14.7 Å². The van der Waals surface area contributed by atoms with Crippen molar-refractivity contribution in [3.63, 3.8) is 0 Å². The summed E-state index contributed by atoms with van der Waals surface area (Å²) in [6.45, 7) is 4.61. The van der Waals surface area contributed by atoms with E-state index < -0.39 is 0 Å². The highest BCUT2D eigenvalue weighted by atomic mass is 16.2. The van der Waals surface area contributed by atoms with Gasteiger partial charge in [-0.1, -0.05) is 30.3 Å². The van der Waals surface area contributed by atoms with E-state index in [4.69, 9.17) is 5.26 Å². The smallest absolute Gasteiger partial charge is 0.227 e. The van der Waals surface area contributed by atoms with Crippen molar-refractivity contribution in [2.75, 3.05) is 6.54 Å². The number of hydrogen-bond donors (Lipinski definition) is 0. The van der Waals surface area contributed by atoms with E-state index >= 15 is 0 Å². The zero-order chi connectivity index (χ0) is 19.2. The third-order valence-corrected chi connectivity index (χ3v) is 4.66. The largest absolute Gasteiger partial charge is 0.336 e. The van der Waals surface area contributed by atoms with E-state index in [1.165, 1.54) is 0 Å². The number of amides is 1. The Bertz CT molecular complexity index is 938. The number of aromatic nitrogens is 2. The predicted octanol–water partition coefficient (Wildman–Crippen LogP) is 3.90. The fourth-order valence-corrected chi connectivity index (χ4v) is 3.13. The lowest BCUT2D eigenvalue weighted by Gasteiger charge is -2.28. The summed E-state index contributed by atoms with van der Waals surface area (Å²) in [6.07, 6.45) is 3.94. The average Bonchev–Trinajstić information content (AvgIpc) is 3.17. The molecule has 3 aromatic rings. The summed E-state index contributed by atoms with van der Waals surface area (Å²) in [5.41, 5.74) is 3.49. The number of benzene rings is 2. The van der Waals surface area contributed by atoms with Gasteiger partial charge in [0.15, 0.2) is 0 Å². The molecule has 3 rings (SSSR count). The molecule has 136 valence electrons. The summed E-state index contributed by atoms with van der Waals surface area (Å²) in [6, 6.07) is 19.3. The zero-order valence-corrected chi connectivity index (χ0v) is 15.5. The van der Waals surface area contributed by atoms with Gasteiger partial charge in [0.1, 0.15) is 0 Å². The number of likely N-dealkylation sites (N-methyl/N-ethyl adjacent to an activating group) is 1. The van der Waals surface area contributed by atoms with E-state index in [0.717, 1.165) is 16.8 Å². The molecule has 1 amide bonds. The minimum atomic E-state index is -0.0561. The molecule has 1 heterocycles. The van der Waals surface area contributed by atoms with Crippen LogP contribution in [0.15, 0.2) is 67.0 Å². The predicted molar refractivity (Wildman–Crippen MR) is 104 cm³/mol. The quantitative estimate of drug-likeness (QED) is 0.671.